The summed E-state index contributed by atoms with van der Waals surface area (Å²) < 4.78 is 25.5. The highest BCUT2D eigenvalue weighted by atomic mass is 19.1. The van der Waals surface area contributed by atoms with Crippen LogP contribution in [-0.4, -0.2) is 0 Å². The molecule has 0 saturated heterocycles. The fraction of sp³-hybridized carbons (Fsp3) is 0.647. The molecule has 0 saturated carbocycles. The second-order valence-corrected chi connectivity index (χ2v) is 4.90. The van der Waals surface area contributed by atoms with E-state index >= 15 is 0 Å². The molecule has 0 aliphatic carbocycles. The van der Waals surface area contributed by atoms with Crippen LogP contribution >= 0.6 is 0 Å². The molecule has 0 bridgehead atoms. The number of rotatable bonds is 11. The first-order valence-corrected chi connectivity index (χ1v) is 7.48. The molecule has 0 aliphatic rings. The summed E-state index contributed by atoms with van der Waals surface area (Å²) in [7, 11) is 0. The fourth-order valence-electron chi connectivity index (χ4n) is 1.73. The minimum Gasteiger partial charge on any atom is -0.212 e. The summed E-state index contributed by atoms with van der Waals surface area (Å²) in [6, 6.07) is 0. The number of hydrogen-bond donors (Lipinski definition) is 0. The Morgan fingerprint density at radius 3 is 2.00 bits per heavy atom. The molecule has 0 aromatic carbocycles. The zero-order valence-electron chi connectivity index (χ0n) is 12.4. The highest BCUT2D eigenvalue weighted by Crippen LogP contribution is 2.11. The van der Waals surface area contributed by atoms with Crippen molar-refractivity contribution in [2.45, 2.75) is 71.6 Å². The van der Waals surface area contributed by atoms with Gasteiger partial charge >= 0.3 is 0 Å². The van der Waals surface area contributed by atoms with Crippen molar-refractivity contribution in [3.63, 3.8) is 0 Å². The lowest BCUT2D eigenvalue weighted by atomic mass is 10.1. The van der Waals surface area contributed by atoms with Crippen LogP contribution in [0.3, 0.4) is 0 Å². The van der Waals surface area contributed by atoms with E-state index in [4.69, 9.17) is 0 Å². The number of halogens is 2. The highest BCUT2D eigenvalue weighted by Gasteiger charge is 1.93. The summed E-state index contributed by atoms with van der Waals surface area (Å²) in [6.45, 7) is 3.54. The van der Waals surface area contributed by atoms with Gasteiger partial charge in [0, 0.05) is 6.42 Å². The molecule has 0 N–H and O–H groups in total. The van der Waals surface area contributed by atoms with Crippen LogP contribution in [0.1, 0.15) is 71.6 Å². The molecule has 0 amide bonds. The van der Waals surface area contributed by atoms with Gasteiger partial charge < -0.3 is 0 Å². The maximum atomic E-state index is 13.1. The Kier molecular flexibility index (Phi) is 12.9. The van der Waals surface area contributed by atoms with Crippen LogP contribution in [0, 0.1) is 0 Å². The van der Waals surface area contributed by atoms with E-state index in [0.29, 0.717) is 0 Å². The van der Waals surface area contributed by atoms with Gasteiger partial charge in [-0.25, -0.2) is 8.78 Å². The Labute approximate surface area is 117 Å². The van der Waals surface area contributed by atoms with E-state index in [1.54, 1.807) is 6.08 Å². The second kappa shape index (κ2) is 13.5. The van der Waals surface area contributed by atoms with Gasteiger partial charge in [-0.15, -0.1) is 0 Å². The molecule has 0 heterocycles. The first-order chi connectivity index (χ1) is 9.16. The van der Waals surface area contributed by atoms with Crippen molar-refractivity contribution in [1.82, 2.24) is 0 Å². The first-order valence-electron chi connectivity index (χ1n) is 7.48. The van der Waals surface area contributed by atoms with Crippen molar-refractivity contribution >= 4 is 0 Å². The van der Waals surface area contributed by atoms with Crippen molar-refractivity contribution < 1.29 is 8.78 Å². The fourth-order valence-corrected chi connectivity index (χ4v) is 1.73. The molecule has 110 valence electrons. The van der Waals surface area contributed by atoms with E-state index in [1.807, 2.05) is 0 Å². The van der Waals surface area contributed by atoms with Gasteiger partial charge in [-0.2, -0.15) is 0 Å². The van der Waals surface area contributed by atoms with Gasteiger partial charge in [-0.1, -0.05) is 38.0 Å². The lowest BCUT2D eigenvalue weighted by molar-refractivity contribution is 0.591. The van der Waals surface area contributed by atoms with Gasteiger partial charge in [0.25, 0.3) is 0 Å². The molecule has 0 atom stereocenters. The van der Waals surface area contributed by atoms with Gasteiger partial charge in [0.15, 0.2) is 0 Å². The van der Waals surface area contributed by atoms with Crippen molar-refractivity contribution in [2.24, 2.45) is 0 Å². The maximum absolute atomic E-state index is 13.1. The Bertz CT molecular complexity index is 284. The SMILES string of the molecule is CCCCC/C=C/CCCC/C=C(\F)C/C=C(/C)F. The average molecular weight is 270 g/mol. The van der Waals surface area contributed by atoms with Crippen LogP contribution in [0.5, 0.6) is 0 Å². The average Bonchev–Trinajstić information content (AvgIpc) is 2.38. The van der Waals surface area contributed by atoms with E-state index in [-0.39, 0.29) is 18.1 Å². The maximum Gasteiger partial charge on any atom is 0.0998 e. The second-order valence-electron chi connectivity index (χ2n) is 4.90. The van der Waals surface area contributed by atoms with Crippen molar-refractivity contribution in [2.75, 3.05) is 0 Å². The lowest BCUT2D eigenvalue weighted by Crippen LogP contribution is -1.77. The molecule has 2 heteroatoms. The van der Waals surface area contributed by atoms with Gasteiger partial charge in [0.2, 0.25) is 0 Å². The minimum atomic E-state index is -0.322. The normalized spacial score (nSPS) is 13.5. The molecular weight excluding hydrogens is 242 g/mol. The van der Waals surface area contributed by atoms with Crippen molar-refractivity contribution in [1.29, 1.82) is 0 Å². The number of unbranched alkanes of at least 4 members (excludes halogenated alkanes) is 6. The van der Waals surface area contributed by atoms with Crippen LogP contribution in [0.25, 0.3) is 0 Å². The third-order valence-corrected chi connectivity index (χ3v) is 2.91. The molecule has 0 aromatic heterocycles. The van der Waals surface area contributed by atoms with Gasteiger partial charge in [0.05, 0.1) is 11.7 Å². The third kappa shape index (κ3) is 15.0. The van der Waals surface area contributed by atoms with Gasteiger partial charge in [0.1, 0.15) is 0 Å². The summed E-state index contributed by atoms with van der Waals surface area (Å²) in [5, 5.41) is 0. The van der Waals surface area contributed by atoms with E-state index in [0.717, 1.165) is 25.7 Å². The lowest BCUT2D eigenvalue weighted by Gasteiger charge is -1.96. The Balaban J connectivity index is 3.44. The number of hydrogen-bond acceptors (Lipinski definition) is 0. The molecule has 0 unspecified atom stereocenters. The Morgan fingerprint density at radius 1 is 0.842 bits per heavy atom. The summed E-state index contributed by atoms with van der Waals surface area (Å²) in [4.78, 5) is 0. The highest BCUT2D eigenvalue weighted by molar-refractivity contribution is 5.01. The van der Waals surface area contributed by atoms with Crippen LogP contribution in [0.15, 0.2) is 36.0 Å². The summed E-state index contributed by atoms with van der Waals surface area (Å²) in [5.74, 6) is -0.552. The van der Waals surface area contributed by atoms with E-state index in [9.17, 15) is 8.78 Å². The summed E-state index contributed by atoms with van der Waals surface area (Å²) >= 11 is 0. The molecule has 0 nitrogen and oxygen atoms in total. The zero-order valence-corrected chi connectivity index (χ0v) is 12.4. The van der Waals surface area contributed by atoms with Crippen LogP contribution < -0.4 is 0 Å². The van der Waals surface area contributed by atoms with Gasteiger partial charge in [-0.05, 0) is 51.5 Å². The Morgan fingerprint density at radius 2 is 1.42 bits per heavy atom. The molecule has 0 spiro atoms. The standard InChI is InChI=1S/C17H28F2/c1-3-4-5-6-7-8-9-10-11-12-13-17(19)15-14-16(2)18/h7-8,13-14H,3-6,9-12,15H2,1-2H3/b8-7+,16-14-,17-13-. The topological polar surface area (TPSA) is 0 Å². The number of allylic oxidation sites excluding steroid dienone is 6. The molecule has 0 aromatic rings. The zero-order chi connectivity index (χ0) is 14.3. The van der Waals surface area contributed by atoms with Crippen molar-refractivity contribution in [3.05, 3.63) is 36.0 Å². The third-order valence-electron chi connectivity index (χ3n) is 2.91. The van der Waals surface area contributed by atoms with Gasteiger partial charge in [-0.3, -0.25) is 0 Å². The van der Waals surface area contributed by atoms with E-state index in [2.05, 4.69) is 19.1 Å². The molecule has 0 fully saturated rings. The minimum absolute atomic E-state index is 0.0830. The largest absolute Gasteiger partial charge is 0.212 e. The molecule has 19 heavy (non-hydrogen) atoms. The first kappa shape index (κ1) is 18.1. The van der Waals surface area contributed by atoms with Crippen LogP contribution in [-0.2, 0) is 0 Å². The summed E-state index contributed by atoms with van der Waals surface area (Å²) in [6.07, 6.45) is 16.3. The summed E-state index contributed by atoms with van der Waals surface area (Å²) in [5.41, 5.74) is 0. The van der Waals surface area contributed by atoms with E-state index in [1.165, 1.54) is 38.7 Å². The van der Waals surface area contributed by atoms with Crippen molar-refractivity contribution in [3.8, 4) is 0 Å². The quantitative estimate of drug-likeness (QED) is 0.286. The van der Waals surface area contributed by atoms with E-state index < -0.39 is 0 Å². The Hall–Kier alpha value is -0.920. The predicted molar refractivity (Wildman–Crippen MR) is 80.4 cm³/mol. The molecule has 0 radical (unpaired) electrons. The monoisotopic (exact) mass is 270 g/mol. The molecular formula is C17H28F2. The van der Waals surface area contributed by atoms with Crippen LogP contribution in [0.2, 0.25) is 0 Å². The smallest absolute Gasteiger partial charge is 0.0998 e. The predicted octanol–water partition coefficient (Wildman–Crippen LogP) is 6.80. The molecule has 0 rings (SSSR count). The molecule has 0 aliphatic heterocycles. The van der Waals surface area contributed by atoms with Crippen LogP contribution in [0.4, 0.5) is 8.78 Å².